The van der Waals surface area contributed by atoms with Crippen molar-refractivity contribution >= 4 is 33.5 Å². The maximum atomic E-state index is 14.5. The van der Waals surface area contributed by atoms with Gasteiger partial charge in [0, 0.05) is 30.2 Å². The Labute approximate surface area is 180 Å². The number of nitrogens with zero attached hydrogens (tertiary/aromatic N) is 2. The van der Waals surface area contributed by atoms with Gasteiger partial charge in [-0.3, -0.25) is 9.36 Å². The van der Waals surface area contributed by atoms with Gasteiger partial charge in [0.2, 0.25) is 0 Å². The second-order valence-corrected chi connectivity index (χ2v) is 8.32. The standard InChI is InChI=1S/C23H19F2IN2O/c1-13-7-4-5-10-19(13)28-20(26)11-16-17(12-27(3)23(29)22(16)28)14(2)15-8-6-9-18(24)21(15)25/h4-12,14H,1-3H3. The van der Waals surface area contributed by atoms with E-state index in [2.05, 4.69) is 22.6 Å². The monoisotopic (exact) mass is 504 g/mol. The van der Waals surface area contributed by atoms with Gasteiger partial charge in [0.05, 0.1) is 3.70 Å². The Morgan fingerprint density at radius 2 is 1.76 bits per heavy atom. The maximum absolute atomic E-state index is 14.5. The Morgan fingerprint density at radius 3 is 2.48 bits per heavy atom. The van der Waals surface area contributed by atoms with Crippen LogP contribution >= 0.6 is 22.6 Å². The highest BCUT2D eigenvalue weighted by Crippen LogP contribution is 2.34. The molecular weight excluding hydrogens is 485 g/mol. The first-order valence-corrected chi connectivity index (χ1v) is 10.3. The number of benzene rings is 2. The summed E-state index contributed by atoms with van der Waals surface area (Å²) in [5.41, 5.74) is 3.40. The number of pyridine rings is 1. The van der Waals surface area contributed by atoms with Crippen molar-refractivity contribution in [2.75, 3.05) is 0 Å². The van der Waals surface area contributed by atoms with Gasteiger partial charge in [0.1, 0.15) is 5.52 Å². The van der Waals surface area contributed by atoms with Crippen molar-refractivity contribution in [3.05, 3.63) is 97.1 Å². The van der Waals surface area contributed by atoms with Gasteiger partial charge in [0.25, 0.3) is 5.56 Å². The average molecular weight is 504 g/mol. The molecule has 0 amide bonds. The second-order valence-electron chi connectivity index (χ2n) is 7.22. The summed E-state index contributed by atoms with van der Waals surface area (Å²) in [5.74, 6) is -2.15. The molecule has 1 atom stereocenters. The third-order valence-corrected chi connectivity index (χ3v) is 6.19. The van der Waals surface area contributed by atoms with Gasteiger partial charge in [0.15, 0.2) is 11.6 Å². The van der Waals surface area contributed by atoms with Crippen molar-refractivity contribution in [1.29, 1.82) is 0 Å². The minimum absolute atomic E-state index is 0.137. The third kappa shape index (κ3) is 3.19. The average Bonchev–Trinajstić information content (AvgIpc) is 3.04. The van der Waals surface area contributed by atoms with Crippen LogP contribution in [0.3, 0.4) is 0 Å². The minimum Gasteiger partial charge on any atom is -0.316 e. The number of aromatic nitrogens is 2. The molecule has 0 aliphatic rings. The van der Waals surface area contributed by atoms with Crippen molar-refractivity contribution in [1.82, 2.24) is 9.13 Å². The van der Waals surface area contributed by atoms with Crippen LogP contribution in [0.5, 0.6) is 0 Å². The lowest BCUT2D eigenvalue weighted by molar-refractivity contribution is 0.496. The molecule has 0 bridgehead atoms. The molecule has 0 saturated heterocycles. The van der Waals surface area contributed by atoms with E-state index in [0.29, 0.717) is 5.52 Å². The van der Waals surface area contributed by atoms with Crippen LogP contribution < -0.4 is 5.56 Å². The number of fused-ring (bicyclic) bond motifs is 1. The highest BCUT2D eigenvalue weighted by Gasteiger charge is 2.23. The molecule has 0 radical (unpaired) electrons. The lowest BCUT2D eigenvalue weighted by Gasteiger charge is -2.17. The van der Waals surface area contributed by atoms with E-state index >= 15 is 0 Å². The van der Waals surface area contributed by atoms with Gasteiger partial charge in [-0.25, -0.2) is 8.78 Å². The lowest BCUT2D eigenvalue weighted by atomic mass is 9.91. The van der Waals surface area contributed by atoms with Crippen molar-refractivity contribution < 1.29 is 8.78 Å². The summed E-state index contributed by atoms with van der Waals surface area (Å²) in [5, 5.41) is 0.747. The number of halogens is 3. The van der Waals surface area contributed by atoms with Crippen molar-refractivity contribution in [2.24, 2.45) is 7.05 Å². The van der Waals surface area contributed by atoms with Crippen molar-refractivity contribution in [3.8, 4) is 5.69 Å². The van der Waals surface area contributed by atoms with Crippen LogP contribution in [-0.4, -0.2) is 9.13 Å². The Morgan fingerprint density at radius 1 is 1.03 bits per heavy atom. The van der Waals surface area contributed by atoms with E-state index in [4.69, 9.17) is 0 Å². The van der Waals surface area contributed by atoms with Gasteiger partial charge < -0.3 is 4.57 Å². The predicted molar refractivity (Wildman–Crippen MR) is 120 cm³/mol. The molecule has 0 aliphatic heterocycles. The highest BCUT2D eigenvalue weighted by molar-refractivity contribution is 14.1. The van der Waals surface area contributed by atoms with Gasteiger partial charge in [-0.2, -0.15) is 0 Å². The third-order valence-electron chi connectivity index (χ3n) is 5.39. The molecule has 2 heterocycles. The molecule has 2 aromatic heterocycles. The summed E-state index contributed by atoms with van der Waals surface area (Å²) in [6.45, 7) is 3.82. The molecule has 1 unspecified atom stereocenters. The fourth-order valence-corrected chi connectivity index (χ4v) is 4.64. The molecule has 6 heteroatoms. The zero-order valence-corrected chi connectivity index (χ0v) is 18.4. The molecule has 0 fully saturated rings. The smallest absolute Gasteiger partial charge is 0.275 e. The lowest BCUT2D eigenvalue weighted by Crippen LogP contribution is -2.21. The highest BCUT2D eigenvalue weighted by atomic mass is 127. The van der Waals surface area contributed by atoms with Crippen molar-refractivity contribution in [2.45, 2.75) is 19.8 Å². The molecular formula is C23H19F2IN2O. The molecule has 29 heavy (non-hydrogen) atoms. The fraction of sp³-hybridized carbons (Fsp3) is 0.174. The maximum Gasteiger partial charge on any atom is 0.275 e. The Balaban J connectivity index is 2.05. The molecule has 3 nitrogen and oxygen atoms in total. The van der Waals surface area contributed by atoms with E-state index < -0.39 is 17.6 Å². The number of hydrogen-bond acceptors (Lipinski definition) is 1. The summed E-state index contributed by atoms with van der Waals surface area (Å²) >= 11 is 2.21. The Hall–Kier alpha value is -2.48. The van der Waals surface area contributed by atoms with E-state index in [1.807, 2.05) is 48.7 Å². The molecule has 4 rings (SSSR count). The molecule has 0 aliphatic carbocycles. The number of rotatable bonds is 3. The molecule has 2 aromatic carbocycles. The van der Waals surface area contributed by atoms with E-state index in [0.717, 1.165) is 32.0 Å². The zero-order chi connectivity index (χ0) is 20.9. The molecule has 0 spiro atoms. The Kier molecular flexibility index (Phi) is 5.06. The largest absolute Gasteiger partial charge is 0.316 e. The van der Waals surface area contributed by atoms with Crippen LogP contribution in [0.25, 0.3) is 16.6 Å². The summed E-state index contributed by atoms with van der Waals surface area (Å²) in [7, 11) is 1.68. The topological polar surface area (TPSA) is 26.9 Å². The number of aryl methyl sites for hydroxylation is 2. The number of para-hydroxylation sites is 1. The van der Waals surface area contributed by atoms with E-state index in [1.165, 1.54) is 10.6 Å². The van der Waals surface area contributed by atoms with E-state index in [1.54, 1.807) is 19.3 Å². The molecule has 0 saturated carbocycles. The quantitative estimate of drug-likeness (QED) is 0.331. The summed E-state index contributed by atoms with van der Waals surface area (Å²) in [6.07, 6.45) is 1.72. The predicted octanol–water partition coefficient (Wildman–Crippen LogP) is 5.67. The first-order valence-electron chi connectivity index (χ1n) is 9.21. The van der Waals surface area contributed by atoms with E-state index in [-0.39, 0.29) is 11.1 Å². The zero-order valence-electron chi connectivity index (χ0n) is 16.2. The Bertz CT molecular complexity index is 1310. The van der Waals surface area contributed by atoms with E-state index in [9.17, 15) is 13.6 Å². The SMILES string of the molecule is Cc1ccccc1-n1c(I)cc2c(C(C)c3cccc(F)c3F)cn(C)c(=O)c21. The van der Waals surface area contributed by atoms with Crippen LogP contribution in [-0.2, 0) is 7.05 Å². The van der Waals surface area contributed by atoms with Gasteiger partial charge >= 0.3 is 0 Å². The van der Waals surface area contributed by atoms with Crippen LogP contribution in [0.15, 0.2) is 59.5 Å². The molecule has 4 aromatic rings. The number of hydrogen-bond donors (Lipinski definition) is 0. The van der Waals surface area contributed by atoms with Gasteiger partial charge in [-0.05, 0) is 64.4 Å². The van der Waals surface area contributed by atoms with Crippen LogP contribution in [0.1, 0.15) is 29.5 Å². The van der Waals surface area contributed by atoms with Crippen LogP contribution in [0, 0.1) is 22.3 Å². The first kappa shape index (κ1) is 19.8. The van der Waals surface area contributed by atoms with Crippen molar-refractivity contribution in [3.63, 3.8) is 0 Å². The van der Waals surface area contributed by atoms with Gasteiger partial charge in [-0.15, -0.1) is 0 Å². The molecule has 0 N–H and O–H groups in total. The fourth-order valence-electron chi connectivity index (χ4n) is 3.83. The van der Waals surface area contributed by atoms with Gasteiger partial charge in [-0.1, -0.05) is 37.3 Å². The summed E-state index contributed by atoms with van der Waals surface area (Å²) < 4.78 is 32.6. The normalized spacial score (nSPS) is 12.5. The van der Waals surface area contributed by atoms with Crippen LogP contribution in [0.4, 0.5) is 8.78 Å². The second kappa shape index (κ2) is 7.40. The summed E-state index contributed by atoms with van der Waals surface area (Å²) in [6, 6.07) is 14.0. The first-order chi connectivity index (χ1) is 13.8. The molecule has 148 valence electrons. The summed E-state index contributed by atoms with van der Waals surface area (Å²) in [4.78, 5) is 13.1. The minimum atomic E-state index is -0.873. The van der Waals surface area contributed by atoms with Crippen LogP contribution in [0.2, 0.25) is 0 Å².